The highest BCUT2D eigenvalue weighted by atomic mass is 32.2. The number of hydrogen-bond acceptors (Lipinski definition) is 4. The number of primary amides is 1. The molecule has 0 spiro atoms. The third-order valence-corrected chi connectivity index (χ3v) is 2.72. The van der Waals surface area contributed by atoms with Gasteiger partial charge in [-0.25, -0.2) is 4.79 Å². The van der Waals surface area contributed by atoms with Gasteiger partial charge in [0.1, 0.15) is 11.5 Å². The molecule has 3 N–H and O–H groups in total. The number of anilines is 1. The number of methoxy groups -OCH3 is 2. The molecule has 2 amide bonds. The Morgan fingerprint density at radius 3 is 2.38 bits per heavy atom. The first-order valence-electron chi connectivity index (χ1n) is 4.48. The fourth-order valence-corrected chi connectivity index (χ4v) is 1.83. The third-order valence-electron chi connectivity index (χ3n) is 1.96. The van der Waals surface area contributed by atoms with Gasteiger partial charge >= 0.3 is 6.03 Å². The molecule has 1 aromatic carbocycles. The Morgan fingerprint density at radius 2 is 1.94 bits per heavy atom. The number of amides is 2. The lowest BCUT2D eigenvalue weighted by molar-refractivity contribution is 0.259. The number of hydrogen-bond donors (Lipinski definition) is 2. The molecule has 0 atom stereocenters. The molecular formula is C10H14N2O3S. The summed E-state index contributed by atoms with van der Waals surface area (Å²) >= 11 is 1.53. The molecule has 88 valence electrons. The first-order valence-corrected chi connectivity index (χ1v) is 5.71. The van der Waals surface area contributed by atoms with Crippen molar-refractivity contribution in [1.82, 2.24) is 0 Å². The number of nitrogens with two attached hydrogens (primary N) is 1. The molecule has 1 aromatic rings. The van der Waals surface area contributed by atoms with E-state index in [-0.39, 0.29) is 0 Å². The number of ether oxygens (including phenoxy) is 2. The van der Waals surface area contributed by atoms with E-state index in [1.54, 1.807) is 19.2 Å². The fraction of sp³-hybridized carbons (Fsp3) is 0.300. The molecule has 0 aliphatic rings. The molecule has 0 radical (unpaired) electrons. The summed E-state index contributed by atoms with van der Waals surface area (Å²) in [6.45, 7) is 0. The number of nitrogens with one attached hydrogen (secondary N) is 1. The molecule has 5 nitrogen and oxygen atoms in total. The second-order valence-electron chi connectivity index (χ2n) is 2.90. The minimum Gasteiger partial charge on any atom is -0.496 e. The van der Waals surface area contributed by atoms with Gasteiger partial charge in [0.2, 0.25) is 0 Å². The number of urea groups is 1. The fourth-order valence-electron chi connectivity index (χ4n) is 1.26. The summed E-state index contributed by atoms with van der Waals surface area (Å²) in [5, 5.41) is 2.47. The second kappa shape index (κ2) is 5.50. The molecule has 0 aromatic heterocycles. The minimum atomic E-state index is -0.641. The maximum atomic E-state index is 10.8. The van der Waals surface area contributed by atoms with E-state index in [2.05, 4.69) is 5.32 Å². The third kappa shape index (κ3) is 2.73. The molecule has 16 heavy (non-hydrogen) atoms. The van der Waals surface area contributed by atoms with E-state index in [0.29, 0.717) is 17.2 Å². The first-order chi connectivity index (χ1) is 7.62. The van der Waals surface area contributed by atoms with Crippen LogP contribution in [0.1, 0.15) is 0 Å². The normalized spacial score (nSPS) is 9.69. The van der Waals surface area contributed by atoms with Crippen molar-refractivity contribution < 1.29 is 14.3 Å². The van der Waals surface area contributed by atoms with E-state index in [4.69, 9.17) is 15.2 Å². The molecule has 0 saturated heterocycles. The Hall–Kier alpha value is -1.56. The summed E-state index contributed by atoms with van der Waals surface area (Å²) in [7, 11) is 3.09. The van der Waals surface area contributed by atoms with Gasteiger partial charge in [-0.3, -0.25) is 0 Å². The monoisotopic (exact) mass is 242 g/mol. The summed E-state index contributed by atoms with van der Waals surface area (Å²) in [5.41, 5.74) is 5.55. The number of benzene rings is 1. The van der Waals surface area contributed by atoms with E-state index >= 15 is 0 Å². The highest BCUT2D eigenvalue weighted by Gasteiger charge is 2.11. The van der Waals surface area contributed by atoms with Crippen molar-refractivity contribution in [2.24, 2.45) is 5.73 Å². The smallest absolute Gasteiger partial charge is 0.316 e. The van der Waals surface area contributed by atoms with Gasteiger partial charge in [-0.2, -0.15) is 0 Å². The van der Waals surface area contributed by atoms with Gasteiger partial charge in [-0.15, -0.1) is 11.8 Å². The lowest BCUT2D eigenvalue weighted by atomic mass is 10.2. The Morgan fingerprint density at radius 1 is 1.31 bits per heavy atom. The lowest BCUT2D eigenvalue weighted by Gasteiger charge is -2.13. The lowest BCUT2D eigenvalue weighted by Crippen LogP contribution is -2.19. The summed E-state index contributed by atoms with van der Waals surface area (Å²) in [6.07, 6.45) is 1.93. The van der Waals surface area contributed by atoms with Crippen LogP contribution in [-0.4, -0.2) is 26.5 Å². The zero-order valence-corrected chi connectivity index (χ0v) is 10.2. The Kier molecular flexibility index (Phi) is 4.30. The molecule has 0 bridgehead atoms. The van der Waals surface area contributed by atoms with Crippen LogP contribution in [0.2, 0.25) is 0 Å². The van der Waals surface area contributed by atoms with Crippen molar-refractivity contribution in [2.45, 2.75) is 4.90 Å². The van der Waals surface area contributed by atoms with Crippen molar-refractivity contribution in [2.75, 3.05) is 25.8 Å². The summed E-state index contributed by atoms with van der Waals surface area (Å²) in [5.74, 6) is 1.21. The maximum Gasteiger partial charge on any atom is 0.316 e. The Balaban J connectivity index is 3.20. The van der Waals surface area contributed by atoms with Crippen LogP contribution < -0.4 is 20.5 Å². The van der Waals surface area contributed by atoms with Gasteiger partial charge in [-0.1, -0.05) is 0 Å². The van der Waals surface area contributed by atoms with Crippen molar-refractivity contribution in [3.63, 3.8) is 0 Å². The van der Waals surface area contributed by atoms with Crippen molar-refractivity contribution in [1.29, 1.82) is 0 Å². The Labute approximate surface area is 98.3 Å². The van der Waals surface area contributed by atoms with E-state index in [0.717, 1.165) is 4.90 Å². The minimum absolute atomic E-state index is 0.490. The average molecular weight is 242 g/mol. The molecule has 0 unspecified atom stereocenters. The number of rotatable bonds is 4. The molecular weight excluding hydrogens is 228 g/mol. The maximum absolute atomic E-state index is 10.8. The molecule has 6 heteroatoms. The van der Waals surface area contributed by atoms with Crippen LogP contribution in [0.4, 0.5) is 10.5 Å². The highest BCUT2D eigenvalue weighted by Crippen LogP contribution is 2.37. The quantitative estimate of drug-likeness (QED) is 0.791. The Bertz CT molecular complexity index is 396. The first kappa shape index (κ1) is 12.5. The molecule has 1 rings (SSSR count). The number of carbonyl (C=O) groups is 1. The number of carbonyl (C=O) groups excluding carboxylic acids is 1. The molecule has 0 heterocycles. The summed E-state index contributed by atoms with van der Waals surface area (Å²) in [4.78, 5) is 11.7. The van der Waals surface area contributed by atoms with Gasteiger partial charge in [0.05, 0.1) is 24.8 Å². The van der Waals surface area contributed by atoms with E-state index in [9.17, 15) is 4.79 Å². The summed E-state index contributed by atoms with van der Waals surface area (Å²) < 4.78 is 10.3. The van der Waals surface area contributed by atoms with E-state index < -0.39 is 6.03 Å². The van der Waals surface area contributed by atoms with Crippen LogP contribution in [0.5, 0.6) is 11.5 Å². The van der Waals surface area contributed by atoms with Crippen LogP contribution in [0.15, 0.2) is 17.0 Å². The van der Waals surface area contributed by atoms with E-state index in [1.165, 1.54) is 18.9 Å². The zero-order chi connectivity index (χ0) is 12.1. The molecule has 0 aliphatic heterocycles. The largest absolute Gasteiger partial charge is 0.496 e. The van der Waals surface area contributed by atoms with Crippen molar-refractivity contribution >= 4 is 23.5 Å². The number of thioether (sulfide) groups is 1. The predicted octanol–water partition coefficient (Wildman–Crippen LogP) is 1.92. The van der Waals surface area contributed by atoms with Crippen molar-refractivity contribution in [3.05, 3.63) is 12.1 Å². The SMILES string of the molecule is COc1cc(SC)c(OC)cc1NC(N)=O. The molecule has 0 saturated carbocycles. The van der Waals surface area contributed by atoms with Crippen LogP contribution in [-0.2, 0) is 0 Å². The van der Waals surface area contributed by atoms with Crippen LogP contribution in [0.3, 0.4) is 0 Å². The summed E-state index contributed by atoms with van der Waals surface area (Å²) in [6, 6.07) is 2.82. The second-order valence-corrected chi connectivity index (χ2v) is 3.74. The van der Waals surface area contributed by atoms with Crippen molar-refractivity contribution in [3.8, 4) is 11.5 Å². The van der Waals surface area contributed by atoms with Gasteiger partial charge in [-0.05, 0) is 12.3 Å². The van der Waals surface area contributed by atoms with Crippen LogP contribution >= 0.6 is 11.8 Å². The topological polar surface area (TPSA) is 73.6 Å². The average Bonchev–Trinajstić information content (AvgIpc) is 2.27. The zero-order valence-electron chi connectivity index (χ0n) is 9.37. The predicted molar refractivity (Wildman–Crippen MR) is 64.5 cm³/mol. The van der Waals surface area contributed by atoms with Crippen LogP contribution in [0.25, 0.3) is 0 Å². The van der Waals surface area contributed by atoms with Gasteiger partial charge in [0.15, 0.2) is 0 Å². The van der Waals surface area contributed by atoms with E-state index in [1.807, 2.05) is 6.26 Å². The van der Waals surface area contributed by atoms with Gasteiger partial charge in [0, 0.05) is 6.07 Å². The molecule has 0 aliphatic carbocycles. The van der Waals surface area contributed by atoms with Gasteiger partial charge in [0.25, 0.3) is 0 Å². The standard InChI is InChI=1S/C10H14N2O3S/c1-14-7-5-9(16-3)8(15-2)4-6(7)12-10(11)13/h4-5H,1-3H3,(H3,11,12,13). The molecule has 0 fully saturated rings. The highest BCUT2D eigenvalue weighted by molar-refractivity contribution is 7.98. The van der Waals surface area contributed by atoms with Gasteiger partial charge < -0.3 is 20.5 Å². The van der Waals surface area contributed by atoms with Crippen LogP contribution in [0, 0.1) is 0 Å².